The maximum absolute atomic E-state index is 13.1. The molecule has 52 heavy (non-hydrogen) atoms. The molecule has 1 atom stereocenters. The zero-order valence-electron chi connectivity index (χ0n) is 30.2. The fraction of sp³-hybridized carbons (Fsp3) is 0.432. The Morgan fingerprint density at radius 2 is 1.77 bits per heavy atom. The highest BCUT2D eigenvalue weighted by molar-refractivity contribution is 5.96. The molecule has 7 rings (SSSR count). The van der Waals surface area contributed by atoms with Crippen molar-refractivity contribution in [3.63, 3.8) is 0 Å². The molecule has 2 saturated carbocycles. The number of para-hydroxylation sites is 1. The van der Waals surface area contributed by atoms with Gasteiger partial charge in [-0.1, -0.05) is 25.1 Å². The lowest BCUT2D eigenvalue weighted by atomic mass is 9.91. The van der Waals surface area contributed by atoms with Crippen molar-refractivity contribution >= 4 is 35.4 Å². The van der Waals surface area contributed by atoms with E-state index in [2.05, 4.69) is 65.5 Å². The number of allylic oxidation sites excluding steroid dienone is 1. The molecule has 3 fully saturated rings. The zero-order chi connectivity index (χ0) is 36.9. The molecular formula is C37H49N11O4. The highest BCUT2D eigenvalue weighted by Crippen LogP contribution is 2.49. The van der Waals surface area contributed by atoms with Crippen molar-refractivity contribution in [3.05, 3.63) is 77.3 Å². The second-order valence-electron chi connectivity index (χ2n) is 13.7. The number of methoxy groups -OCH3 is 1. The van der Waals surface area contributed by atoms with E-state index >= 15 is 0 Å². The number of pyridine rings is 1. The summed E-state index contributed by atoms with van der Waals surface area (Å²) >= 11 is 0. The number of fused-ring (bicyclic) bond motifs is 3. The molecular weight excluding hydrogens is 662 g/mol. The fourth-order valence-electron chi connectivity index (χ4n) is 6.74. The molecule has 3 amide bonds. The lowest BCUT2D eigenvalue weighted by molar-refractivity contribution is -0.121. The molecule has 2 aromatic heterocycles. The van der Waals surface area contributed by atoms with E-state index in [0.717, 1.165) is 73.4 Å². The Kier molecular flexibility index (Phi) is 11.1. The van der Waals surface area contributed by atoms with Crippen molar-refractivity contribution in [1.29, 1.82) is 0 Å². The third-order valence-corrected chi connectivity index (χ3v) is 9.60. The summed E-state index contributed by atoms with van der Waals surface area (Å²) in [7, 11) is 5.32. The molecule has 1 aromatic carbocycles. The van der Waals surface area contributed by atoms with Gasteiger partial charge in [0.15, 0.2) is 0 Å². The maximum Gasteiger partial charge on any atom is 0.269 e. The van der Waals surface area contributed by atoms with Crippen LogP contribution in [0.25, 0.3) is 11.1 Å². The number of hydrogen-bond acceptors (Lipinski definition) is 11. The van der Waals surface area contributed by atoms with Crippen molar-refractivity contribution < 1.29 is 19.1 Å². The average Bonchev–Trinajstić information content (AvgIpc) is 4.05. The van der Waals surface area contributed by atoms with Crippen molar-refractivity contribution in [2.45, 2.75) is 63.7 Å². The maximum atomic E-state index is 13.1. The van der Waals surface area contributed by atoms with E-state index in [0.29, 0.717) is 24.5 Å². The fourth-order valence-corrected chi connectivity index (χ4v) is 6.74. The van der Waals surface area contributed by atoms with Gasteiger partial charge in [-0.3, -0.25) is 24.0 Å². The molecule has 1 unspecified atom stereocenters. The van der Waals surface area contributed by atoms with Crippen LogP contribution >= 0.6 is 0 Å². The Morgan fingerprint density at radius 1 is 1.04 bits per heavy atom. The van der Waals surface area contributed by atoms with Gasteiger partial charge in [0.1, 0.15) is 17.3 Å². The summed E-state index contributed by atoms with van der Waals surface area (Å²) in [6.07, 6.45) is 8.49. The third-order valence-electron chi connectivity index (χ3n) is 9.60. The monoisotopic (exact) mass is 711 g/mol. The summed E-state index contributed by atoms with van der Waals surface area (Å²) in [4.78, 5) is 45.5. The molecule has 3 aromatic rings. The van der Waals surface area contributed by atoms with Crippen molar-refractivity contribution in [3.8, 4) is 11.1 Å². The Hall–Kier alpha value is -5.41. The van der Waals surface area contributed by atoms with E-state index in [1.807, 2.05) is 30.5 Å². The number of amides is 3. The van der Waals surface area contributed by atoms with E-state index in [1.54, 1.807) is 20.3 Å². The van der Waals surface area contributed by atoms with Crippen LogP contribution in [0.1, 0.15) is 62.5 Å². The second-order valence-corrected chi connectivity index (χ2v) is 13.7. The first-order chi connectivity index (χ1) is 25.1. The Bertz CT molecular complexity index is 1860. The van der Waals surface area contributed by atoms with E-state index in [1.165, 1.54) is 11.8 Å². The van der Waals surface area contributed by atoms with Crippen LogP contribution in [0, 0.1) is 5.92 Å². The largest absolute Gasteiger partial charge is 0.393 e. The summed E-state index contributed by atoms with van der Waals surface area (Å²) in [6, 6.07) is 12.0. The Morgan fingerprint density at radius 3 is 2.44 bits per heavy atom. The van der Waals surface area contributed by atoms with E-state index in [4.69, 9.17) is 16.6 Å². The van der Waals surface area contributed by atoms with Gasteiger partial charge in [0.25, 0.3) is 5.91 Å². The topological polar surface area (TPSA) is 198 Å². The number of nitrogens with zero attached hydrogens (tertiary/aromatic N) is 5. The molecule has 0 radical (unpaired) electrons. The number of anilines is 3. The molecule has 4 aliphatic rings. The molecule has 15 heteroatoms. The van der Waals surface area contributed by atoms with Crippen LogP contribution in [-0.2, 0) is 25.7 Å². The number of nitrogens with two attached hydrogens (primary N) is 2. The number of likely N-dealkylation sites (tertiary alicyclic amines) is 1. The molecule has 0 bridgehead atoms. The minimum atomic E-state index is -0.383. The average molecular weight is 712 g/mol. The first kappa shape index (κ1) is 36.4. The number of benzene rings is 1. The van der Waals surface area contributed by atoms with E-state index in [9.17, 15) is 14.4 Å². The van der Waals surface area contributed by atoms with Gasteiger partial charge >= 0.3 is 0 Å². The normalized spacial score (nSPS) is 18.8. The van der Waals surface area contributed by atoms with Crippen LogP contribution in [0.15, 0.2) is 65.9 Å². The first-order valence-electron chi connectivity index (χ1n) is 17.7. The molecule has 15 nitrogen and oxygen atoms in total. The molecule has 0 spiro atoms. The van der Waals surface area contributed by atoms with Gasteiger partial charge in [-0.2, -0.15) is 5.10 Å². The SMILES string of the molecule is CCC1c2c(cnn2C2CN(Cc3cccc(NC=O)n3)C2)-c2cccc(NC(/C=C(\N)NC(=O)C3CC3)=C(/N)C(=O)NC3CC3)c2N1C.COC. The van der Waals surface area contributed by atoms with Gasteiger partial charge in [-0.05, 0) is 50.3 Å². The molecule has 276 valence electrons. The second kappa shape index (κ2) is 15.9. The van der Waals surface area contributed by atoms with Crippen LogP contribution in [0.2, 0.25) is 0 Å². The summed E-state index contributed by atoms with van der Waals surface area (Å²) in [5.74, 6) is 0.117. The summed E-state index contributed by atoms with van der Waals surface area (Å²) in [5.41, 5.74) is 18.9. The van der Waals surface area contributed by atoms with E-state index in [-0.39, 0.29) is 47.4 Å². The van der Waals surface area contributed by atoms with Crippen LogP contribution in [0.4, 0.5) is 17.2 Å². The summed E-state index contributed by atoms with van der Waals surface area (Å²) < 4.78 is 6.43. The predicted molar refractivity (Wildman–Crippen MR) is 199 cm³/mol. The molecule has 8 N–H and O–H groups in total. The lowest BCUT2D eigenvalue weighted by Gasteiger charge is -2.43. The smallest absolute Gasteiger partial charge is 0.269 e. The number of hydrogen-bond donors (Lipinski definition) is 6. The van der Waals surface area contributed by atoms with Gasteiger partial charge in [0.2, 0.25) is 12.3 Å². The quantitative estimate of drug-likeness (QED) is 0.0866. The molecule has 2 aliphatic carbocycles. The Labute approximate surface area is 303 Å². The van der Waals surface area contributed by atoms with Gasteiger partial charge in [-0.25, -0.2) is 4.98 Å². The van der Waals surface area contributed by atoms with E-state index < -0.39 is 0 Å². The standard InChI is InChI=1S/C35H43N11O3.C2H6O/c1-3-28-33-25(15-39-46(33)23-17-45(18-23)16-22-6-4-9-30(40-22)38-19-47)24-7-5-8-26(32(24)44(28)2)42-27(31(37)35(49)41-21-12-13-21)14-29(36)43-34(48)20-10-11-20;1-3-2/h4-9,14-15,19-21,23,28,42H,3,10-13,16-18,36-37H2,1-2H3,(H,41,49)(H,43,48)(H,38,40,47);1-2H3/b29-14+,31-27+;. The Balaban J connectivity index is 0.00000150. The lowest BCUT2D eigenvalue weighted by Crippen LogP contribution is -2.48. The first-order valence-corrected chi connectivity index (χ1v) is 17.7. The highest BCUT2D eigenvalue weighted by atomic mass is 16.4. The van der Waals surface area contributed by atoms with Crippen LogP contribution in [0.3, 0.4) is 0 Å². The number of rotatable bonds is 13. The van der Waals surface area contributed by atoms with Crippen LogP contribution in [-0.4, -0.2) is 78.3 Å². The minimum Gasteiger partial charge on any atom is -0.393 e. The number of aromatic nitrogens is 3. The van der Waals surface area contributed by atoms with Crippen molar-refractivity contribution in [2.75, 3.05) is 49.9 Å². The highest BCUT2D eigenvalue weighted by Gasteiger charge is 2.38. The predicted octanol–water partition coefficient (Wildman–Crippen LogP) is 2.92. The molecule has 2 aliphatic heterocycles. The van der Waals surface area contributed by atoms with Crippen LogP contribution < -0.4 is 37.6 Å². The van der Waals surface area contributed by atoms with Crippen LogP contribution in [0.5, 0.6) is 0 Å². The minimum absolute atomic E-state index is 0.0106. The number of carbonyl (C=O) groups is 3. The summed E-state index contributed by atoms with van der Waals surface area (Å²) in [6.45, 7) is 4.51. The number of nitrogens with one attached hydrogen (secondary N) is 4. The zero-order valence-corrected chi connectivity index (χ0v) is 30.2. The third kappa shape index (κ3) is 8.05. The van der Waals surface area contributed by atoms with Gasteiger partial charge in [0, 0.05) is 70.1 Å². The van der Waals surface area contributed by atoms with Gasteiger partial charge in [0.05, 0.1) is 46.7 Å². The number of ether oxygens (including phenoxy) is 1. The summed E-state index contributed by atoms with van der Waals surface area (Å²) in [5, 5.41) is 16.6. The molecule has 1 saturated heterocycles. The molecule has 4 heterocycles. The van der Waals surface area contributed by atoms with Gasteiger partial charge < -0.3 is 42.4 Å². The van der Waals surface area contributed by atoms with Gasteiger partial charge in [-0.15, -0.1) is 0 Å². The number of carbonyl (C=O) groups excluding carboxylic acids is 3. The van der Waals surface area contributed by atoms with Crippen molar-refractivity contribution in [1.82, 2.24) is 30.3 Å². The van der Waals surface area contributed by atoms with Crippen molar-refractivity contribution in [2.24, 2.45) is 17.4 Å².